The zero-order chi connectivity index (χ0) is 11.6. The standard InChI is InChI=1S/C11H15NO3S/c1-10-3-2-4-11(9-10)16(13,14)12-5-7-15-8-6-12/h2-4,9H,5-8H2,1H3. The lowest BCUT2D eigenvalue weighted by Gasteiger charge is -2.26. The molecule has 2 rings (SSSR count). The van der Waals surface area contributed by atoms with Crippen molar-refractivity contribution in [3.63, 3.8) is 0 Å². The van der Waals surface area contributed by atoms with Gasteiger partial charge < -0.3 is 4.74 Å². The predicted octanol–water partition coefficient (Wildman–Crippen LogP) is 1.02. The zero-order valence-electron chi connectivity index (χ0n) is 9.22. The number of hydrogen-bond acceptors (Lipinski definition) is 3. The van der Waals surface area contributed by atoms with E-state index in [2.05, 4.69) is 0 Å². The van der Waals surface area contributed by atoms with Gasteiger partial charge in [-0.3, -0.25) is 0 Å². The molecule has 1 saturated heterocycles. The summed E-state index contributed by atoms with van der Waals surface area (Å²) in [5.74, 6) is 0. The van der Waals surface area contributed by atoms with E-state index in [-0.39, 0.29) is 0 Å². The molecule has 0 atom stereocenters. The molecule has 0 amide bonds. The summed E-state index contributed by atoms with van der Waals surface area (Å²) in [7, 11) is -3.33. The Bertz CT molecular complexity index is 464. The fourth-order valence-electron chi connectivity index (χ4n) is 1.71. The summed E-state index contributed by atoms with van der Waals surface area (Å²) in [6, 6.07) is 6.99. The van der Waals surface area contributed by atoms with Crippen LogP contribution in [0.3, 0.4) is 0 Å². The van der Waals surface area contributed by atoms with E-state index < -0.39 is 10.0 Å². The maximum absolute atomic E-state index is 12.2. The van der Waals surface area contributed by atoms with Crippen LogP contribution in [0.15, 0.2) is 29.2 Å². The lowest BCUT2D eigenvalue weighted by molar-refractivity contribution is 0.0730. The number of benzene rings is 1. The van der Waals surface area contributed by atoms with Crippen molar-refractivity contribution in [2.24, 2.45) is 0 Å². The molecule has 0 N–H and O–H groups in total. The van der Waals surface area contributed by atoms with E-state index in [4.69, 9.17) is 4.74 Å². The quantitative estimate of drug-likeness (QED) is 0.776. The number of ether oxygens (including phenoxy) is 1. The zero-order valence-corrected chi connectivity index (χ0v) is 10.0. The van der Waals surface area contributed by atoms with Crippen molar-refractivity contribution in [1.29, 1.82) is 0 Å². The molecule has 0 radical (unpaired) electrons. The van der Waals surface area contributed by atoms with Crippen LogP contribution >= 0.6 is 0 Å². The topological polar surface area (TPSA) is 46.6 Å². The Morgan fingerprint density at radius 2 is 1.94 bits per heavy atom. The summed E-state index contributed by atoms with van der Waals surface area (Å²) in [5.41, 5.74) is 0.953. The second-order valence-corrected chi connectivity index (χ2v) is 5.77. The first-order valence-electron chi connectivity index (χ1n) is 5.25. The highest BCUT2D eigenvalue weighted by atomic mass is 32.2. The largest absolute Gasteiger partial charge is 0.379 e. The molecule has 1 heterocycles. The first kappa shape index (κ1) is 11.6. The molecule has 0 spiro atoms. The SMILES string of the molecule is Cc1cccc(S(=O)(=O)N2CCOCC2)c1. The minimum absolute atomic E-state index is 0.370. The van der Waals surface area contributed by atoms with Gasteiger partial charge in [0.25, 0.3) is 0 Å². The number of nitrogens with zero attached hydrogens (tertiary/aromatic N) is 1. The van der Waals surface area contributed by atoms with Crippen molar-refractivity contribution in [3.05, 3.63) is 29.8 Å². The molecule has 0 aromatic heterocycles. The van der Waals surface area contributed by atoms with E-state index in [0.717, 1.165) is 5.56 Å². The minimum atomic E-state index is -3.33. The van der Waals surface area contributed by atoms with Gasteiger partial charge >= 0.3 is 0 Å². The predicted molar refractivity (Wildman–Crippen MR) is 60.8 cm³/mol. The number of hydrogen-bond donors (Lipinski definition) is 0. The van der Waals surface area contributed by atoms with Gasteiger partial charge in [-0.15, -0.1) is 0 Å². The number of morpholine rings is 1. The average Bonchev–Trinajstić information content (AvgIpc) is 2.30. The molecular formula is C11H15NO3S. The van der Waals surface area contributed by atoms with Gasteiger partial charge in [0.1, 0.15) is 0 Å². The van der Waals surface area contributed by atoms with Crippen molar-refractivity contribution in [1.82, 2.24) is 4.31 Å². The fourth-order valence-corrected chi connectivity index (χ4v) is 3.23. The normalized spacial score (nSPS) is 18.6. The highest BCUT2D eigenvalue weighted by Gasteiger charge is 2.25. The Hall–Kier alpha value is -0.910. The van der Waals surface area contributed by atoms with Gasteiger partial charge in [0, 0.05) is 13.1 Å². The van der Waals surface area contributed by atoms with Gasteiger partial charge in [-0.2, -0.15) is 4.31 Å². The Morgan fingerprint density at radius 3 is 2.56 bits per heavy atom. The first-order chi connectivity index (χ1) is 7.60. The van der Waals surface area contributed by atoms with Gasteiger partial charge in [-0.25, -0.2) is 8.42 Å². The number of rotatable bonds is 2. The van der Waals surface area contributed by atoms with Crippen LogP contribution in [0.2, 0.25) is 0 Å². The third-order valence-corrected chi connectivity index (χ3v) is 4.49. The van der Waals surface area contributed by atoms with Gasteiger partial charge in [0.15, 0.2) is 0 Å². The minimum Gasteiger partial charge on any atom is -0.379 e. The van der Waals surface area contributed by atoms with E-state index in [9.17, 15) is 8.42 Å². The summed E-state index contributed by atoms with van der Waals surface area (Å²) < 4.78 is 31.0. The van der Waals surface area contributed by atoms with E-state index in [1.807, 2.05) is 13.0 Å². The monoisotopic (exact) mass is 241 g/mol. The van der Waals surface area contributed by atoms with E-state index in [0.29, 0.717) is 31.2 Å². The average molecular weight is 241 g/mol. The van der Waals surface area contributed by atoms with Crippen molar-refractivity contribution < 1.29 is 13.2 Å². The van der Waals surface area contributed by atoms with Crippen LogP contribution < -0.4 is 0 Å². The Balaban J connectivity index is 2.30. The summed E-state index contributed by atoms with van der Waals surface area (Å²) in [5, 5.41) is 0. The maximum atomic E-state index is 12.2. The molecule has 1 aromatic carbocycles. The molecule has 0 aliphatic carbocycles. The van der Waals surface area contributed by atoms with Crippen LogP contribution in [0.4, 0.5) is 0 Å². The molecule has 1 aliphatic heterocycles. The first-order valence-corrected chi connectivity index (χ1v) is 6.69. The fraction of sp³-hybridized carbons (Fsp3) is 0.455. The van der Waals surface area contributed by atoms with Gasteiger partial charge in [0.2, 0.25) is 10.0 Å². The summed E-state index contributed by atoms with van der Waals surface area (Å²) in [6.45, 7) is 3.72. The van der Waals surface area contributed by atoms with E-state index in [1.54, 1.807) is 18.2 Å². The van der Waals surface area contributed by atoms with Crippen LogP contribution in [0.1, 0.15) is 5.56 Å². The highest BCUT2D eigenvalue weighted by molar-refractivity contribution is 7.89. The van der Waals surface area contributed by atoms with Gasteiger partial charge in [-0.05, 0) is 24.6 Å². The van der Waals surface area contributed by atoms with Crippen molar-refractivity contribution >= 4 is 10.0 Å². The van der Waals surface area contributed by atoms with E-state index in [1.165, 1.54) is 4.31 Å². The van der Waals surface area contributed by atoms with Gasteiger partial charge in [0.05, 0.1) is 18.1 Å². The van der Waals surface area contributed by atoms with Crippen LogP contribution in [0.5, 0.6) is 0 Å². The smallest absolute Gasteiger partial charge is 0.243 e. The lowest BCUT2D eigenvalue weighted by atomic mass is 10.2. The van der Waals surface area contributed by atoms with Crippen LogP contribution in [-0.4, -0.2) is 39.0 Å². The lowest BCUT2D eigenvalue weighted by Crippen LogP contribution is -2.40. The summed E-state index contributed by atoms with van der Waals surface area (Å²) in [6.07, 6.45) is 0. The molecule has 0 saturated carbocycles. The Kier molecular flexibility index (Phi) is 3.28. The van der Waals surface area contributed by atoms with Crippen molar-refractivity contribution in [2.45, 2.75) is 11.8 Å². The molecule has 1 aliphatic rings. The van der Waals surface area contributed by atoms with E-state index >= 15 is 0 Å². The van der Waals surface area contributed by atoms with Crippen molar-refractivity contribution in [3.8, 4) is 0 Å². The molecule has 1 fully saturated rings. The molecule has 4 nitrogen and oxygen atoms in total. The maximum Gasteiger partial charge on any atom is 0.243 e. The third-order valence-electron chi connectivity index (χ3n) is 2.60. The van der Waals surface area contributed by atoms with Gasteiger partial charge in [-0.1, -0.05) is 12.1 Å². The second kappa shape index (κ2) is 4.53. The number of sulfonamides is 1. The Labute approximate surface area is 95.9 Å². The summed E-state index contributed by atoms with van der Waals surface area (Å²) in [4.78, 5) is 0.370. The van der Waals surface area contributed by atoms with Crippen LogP contribution in [-0.2, 0) is 14.8 Å². The van der Waals surface area contributed by atoms with Crippen LogP contribution in [0.25, 0.3) is 0 Å². The molecule has 16 heavy (non-hydrogen) atoms. The highest BCUT2D eigenvalue weighted by Crippen LogP contribution is 2.17. The molecule has 1 aromatic rings. The number of aryl methyl sites for hydroxylation is 1. The molecule has 0 bridgehead atoms. The molecule has 0 unspecified atom stereocenters. The molecule has 88 valence electrons. The summed E-state index contributed by atoms with van der Waals surface area (Å²) >= 11 is 0. The third kappa shape index (κ3) is 2.26. The van der Waals surface area contributed by atoms with Crippen molar-refractivity contribution in [2.75, 3.05) is 26.3 Å². The second-order valence-electron chi connectivity index (χ2n) is 3.83. The molecule has 5 heteroatoms. The molecular weight excluding hydrogens is 226 g/mol. The Morgan fingerprint density at radius 1 is 1.25 bits per heavy atom. The van der Waals surface area contributed by atoms with Crippen LogP contribution in [0, 0.1) is 6.92 Å².